The number of rotatable bonds is 4. The minimum Gasteiger partial charge on any atom is -0.360 e. The number of pyridine rings is 1. The van der Waals surface area contributed by atoms with Crippen LogP contribution in [0.25, 0.3) is 16.6 Å². The molecule has 3 rings (SSSR count). The standard InChI is InChI=1S/C16H14N4O/c1-11(12-6-8-17-9-7-12)19-20-16(21)14-10-18-15-5-3-2-4-13(14)15/h2-10,18-19H,1H2,(H,20,21). The lowest BCUT2D eigenvalue weighted by Crippen LogP contribution is -2.35. The summed E-state index contributed by atoms with van der Waals surface area (Å²) in [6.07, 6.45) is 5.03. The zero-order valence-electron chi connectivity index (χ0n) is 11.3. The number of hydrogen-bond acceptors (Lipinski definition) is 3. The molecule has 3 N–H and O–H groups in total. The minimum atomic E-state index is -0.220. The Labute approximate surface area is 121 Å². The molecule has 0 atom stereocenters. The molecule has 0 fully saturated rings. The number of nitrogens with zero attached hydrogens (tertiary/aromatic N) is 1. The first-order valence-corrected chi connectivity index (χ1v) is 6.47. The van der Waals surface area contributed by atoms with Crippen LogP contribution in [0.3, 0.4) is 0 Å². The van der Waals surface area contributed by atoms with E-state index in [1.165, 1.54) is 0 Å². The van der Waals surface area contributed by atoms with Gasteiger partial charge in [0.2, 0.25) is 0 Å². The van der Waals surface area contributed by atoms with Gasteiger partial charge in [0, 0.05) is 35.1 Å². The second-order valence-corrected chi connectivity index (χ2v) is 4.54. The number of aromatic amines is 1. The van der Waals surface area contributed by atoms with E-state index in [1.54, 1.807) is 18.6 Å². The Morgan fingerprint density at radius 2 is 1.86 bits per heavy atom. The van der Waals surface area contributed by atoms with Gasteiger partial charge < -0.3 is 4.98 Å². The fourth-order valence-corrected chi connectivity index (χ4v) is 2.08. The Morgan fingerprint density at radius 3 is 2.67 bits per heavy atom. The maximum atomic E-state index is 12.2. The quantitative estimate of drug-likeness (QED) is 0.642. The van der Waals surface area contributed by atoms with Crippen molar-refractivity contribution in [3.05, 3.63) is 72.7 Å². The van der Waals surface area contributed by atoms with Crippen molar-refractivity contribution >= 4 is 22.5 Å². The summed E-state index contributed by atoms with van der Waals surface area (Å²) in [4.78, 5) is 19.2. The number of carbonyl (C=O) groups excluding carboxylic acids is 1. The van der Waals surface area contributed by atoms with E-state index in [4.69, 9.17) is 0 Å². The summed E-state index contributed by atoms with van der Waals surface area (Å²) in [6.45, 7) is 3.88. The first-order chi connectivity index (χ1) is 10.3. The molecule has 1 amide bonds. The van der Waals surface area contributed by atoms with Crippen LogP contribution in [0.5, 0.6) is 0 Å². The summed E-state index contributed by atoms with van der Waals surface area (Å²) in [6, 6.07) is 11.3. The average molecular weight is 278 g/mol. The fourth-order valence-electron chi connectivity index (χ4n) is 2.08. The molecule has 1 aromatic carbocycles. The number of benzene rings is 1. The molecule has 5 heteroatoms. The largest absolute Gasteiger partial charge is 0.360 e. The van der Waals surface area contributed by atoms with Crippen LogP contribution in [-0.2, 0) is 0 Å². The summed E-state index contributed by atoms with van der Waals surface area (Å²) in [7, 11) is 0. The highest BCUT2D eigenvalue weighted by molar-refractivity contribution is 6.06. The summed E-state index contributed by atoms with van der Waals surface area (Å²) >= 11 is 0. The van der Waals surface area contributed by atoms with E-state index in [1.807, 2.05) is 36.4 Å². The third-order valence-corrected chi connectivity index (χ3v) is 3.19. The predicted octanol–water partition coefficient (Wildman–Crippen LogP) is 2.47. The van der Waals surface area contributed by atoms with Crippen LogP contribution in [0.2, 0.25) is 0 Å². The molecule has 0 aliphatic heterocycles. The lowest BCUT2D eigenvalue weighted by atomic mass is 10.2. The normalized spacial score (nSPS) is 10.3. The Kier molecular flexibility index (Phi) is 3.39. The smallest absolute Gasteiger partial charge is 0.271 e. The van der Waals surface area contributed by atoms with Crippen molar-refractivity contribution in [2.75, 3.05) is 0 Å². The molecule has 5 nitrogen and oxygen atoms in total. The van der Waals surface area contributed by atoms with Crippen LogP contribution < -0.4 is 10.9 Å². The van der Waals surface area contributed by atoms with E-state index < -0.39 is 0 Å². The monoisotopic (exact) mass is 278 g/mol. The molecule has 21 heavy (non-hydrogen) atoms. The van der Waals surface area contributed by atoms with Crippen molar-refractivity contribution in [3.63, 3.8) is 0 Å². The maximum Gasteiger partial charge on any atom is 0.271 e. The Bertz CT molecular complexity index is 792. The number of H-pyrrole nitrogens is 1. The third kappa shape index (κ3) is 2.62. The summed E-state index contributed by atoms with van der Waals surface area (Å²) < 4.78 is 0. The van der Waals surface area contributed by atoms with Gasteiger partial charge >= 0.3 is 0 Å². The van der Waals surface area contributed by atoms with Crippen molar-refractivity contribution in [3.8, 4) is 0 Å². The third-order valence-electron chi connectivity index (χ3n) is 3.19. The number of nitrogens with one attached hydrogen (secondary N) is 3. The molecule has 2 heterocycles. The van der Waals surface area contributed by atoms with Gasteiger partial charge in [0.25, 0.3) is 5.91 Å². The molecule has 0 bridgehead atoms. The Morgan fingerprint density at radius 1 is 1.10 bits per heavy atom. The number of hydrogen-bond donors (Lipinski definition) is 3. The number of fused-ring (bicyclic) bond motifs is 1. The van der Waals surface area contributed by atoms with Crippen molar-refractivity contribution < 1.29 is 4.79 Å². The van der Waals surface area contributed by atoms with Crippen LogP contribution in [0, 0.1) is 0 Å². The van der Waals surface area contributed by atoms with Crippen LogP contribution in [-0.4, -0.2) is 15.9 Å². The highest BCUT2D eigenvalue weighted by Gasteiger charge is 2.11. The molecule has 0 spiro atoms. The maximum absolute atomic E-state index is 12.2. The van der Waals surface area contributed by atoms with Crippen molar-refractivity contribution in [1.82, 2.24) is 20.8 Å². The molecule has 0 aliphatic carbocycles. The Balaban J connectivity index is 1.71. The molecular formula is C16H14N4O. The van der Waals surface area contributed by atoms with Crippen molar-refractivity contribution in [1.29, 1.82) is 0 Å². The van der Waals surface area contributed by atoms with E-state index >= 15 is 0 Å². The van der Waals surface area contributed by atoms with E-state index in [0.717, 1.165) is 16.5 Å². The van der Waals surface area contributed by atoms with Gasteiger partial charge in [-0.15, -0.1) is 0 Å². The summed E-state index contributed by atoms with van der Waals surface area (Å²) in [5.74, 6) is -0.220. The highest BCUT2D eigenvalue weighted by atomic mass is 16.2. The molecule has 0 aliphatic rings. The topological polar surface area (TPSA) is 69.8 Å². The van der Waals surface area contributed by atoms with Gasteiger partial charge in [-0.2, -0.15) is 0 Å². The van der Waals surface area contributed by atoms with Gasteiger partial charge in [-0.25, -0.2) is 0 Å². The number of amides is 1. The summed E-state index contributed by atoms with van der Waals surface area (Å²) in [5, 5.41) is 0.881. The lowest BCUT2D eigenvalue weighted by molar-refractivity contribution is 0.0944. The van der Waals surface area contributed by atoms with Crippen molar-refractivity contribution in [2.45, 2.75) is 0 Å². The zero-order valence-corrected chi connectivity index (χ0v) is 11.3. The van der Waals surface area contributed by atoms with E-state index in [0.29, 0.717) is 11.3 Å². The van der Waals surface area contributed by atoms with Crippen LogP contribution >= 0.6 is 0 Å². The van der Waals surface area contributed by atoms with Gasteiger partial charge in [-0.3, -0.25) is 20.6 Å². The fraction of sp³-hybridized carbons (Fsp3) is 0. The Hall–Kier alpha value is -3.08. The molecule has 104 valence electrons. The second kappa shape index (κ2) is 5.50. The number of carbonyl (C=O) groups is 1. The van der Waals surface area contributed by atoms with E-state index in [2.05, 4.69) is 27.4 Å². The van der Waals surface area contributed by atoms with Gasteiger partial charge in [0.15, 0.2) is 0 Å². The van der Waals surface area contributed by atoms with Gasteiger partial charge in [-0.1, -0.05) is 24.8 Å². The molecule has 0 saturated heterocycles. The van der Waals surface area contributed by atoms with E-state index in [-0.39, 0.29) is 5.91 Å². The predicted molar refractivity (Wildman–Crippen MR) is 82.2 cm³/mol. The number of para-hydroxylation sites is 1. The van der Waals surface area contributed by atoms with E-state index in [9.17, 15) is 4.79 Å². The zero-order chi connectivity index (χ0) is 14.7. The first kappa shape index (κ1) is 12.9. The van der Waals surface area contributed by atoms with Crippen LogP contribution in [0.15, 0.2) is 61.6 Å². The molecule has 3 aromatic rings. The van der Waals surface area contributed by atoms with Gasteiger partial charge in [0.1, 0.15) is 0 Å². The summed E-state index contributed by atoms with van der Waals surface area (Å²) in [5.41, 5.74) is 8.44. The van der Waals surface area contributed by atoms with Gasteiger partial charge in [-0.05, 0) is 18.2 Å². The molecule has 0 radical (unpaired) electrons. The molecule has 2 aromatic heterocycles. The second-order valence-electron chi connectivity index (χ2n) is 4.54. The minimum absolute atomic E-state index is 0.220. The first-order valence-electron chi connectivity index (χ1n) is 6.47. The van der Waals surface area contributed by atoms with Crippen molar-refractivity contribution in [2.24, 2.45) is 0 Å². The molecular weight excluding hydrogens is 264 g/mol. The highest BCUT2D eigenvalue weighted by Crippen LogP contribution is 2.17. The number of aromatic nitrogens is 2. The van der Waals surface area contributed by atoms with Crippen LogP contribution in [0.4, 0.5) is 0 Å². The number of hydrazine groups is 1. The molecule has 0 unspecified atom stereocenters. The van der Waals surface area contributed by atoms with Gasteiger partial charge in [0.05, 0.1) is 11.3 Å². The molecule has 0 saturated carbocycles. The lowest BCUT2D eigenvalue weighted by Gasteiger charge is -2.10. The SMILES string of the molecule is C=C(NNC(=O)c1c[nH]c2ccccc12)c1ccncc1. The average Bonchev–Trinajstić information content (AvgIpc) is 2.97. The van der Waals surface area contributed by atoms with Crippen LogP contribution in [0.1, 0.15) is 15.9 Å².